The number of halogens is 2. The molecule has 0 heterocycles. The van der Waals surface area contributed by atoms with Gasteiger partial charge in [0.05, 0.1) is 13.2 Å². The second-order valence-corrected chi connectivity index (χ2v) is 5.64. The monoisotopic (exact) mass is 338 g/mol. The molecular formula is C16H16BrFO2. The van der Waals surface area contributed by atoms with Gasteiger partial charge in [0.25, 0.3) is 0 Å². The molecule has 20 heavy (non-hydrogen) atoms. The van der Waals surface area contributed by atoms with Gasteiger partial charge in [-0.1, -0.05) is 28.1 Å². The van der Waals surface area contributed by atoms with Gasteiger partial charge in [0.1, 0.15) is 11.6 Å². The molecular weight excluding hydrogens is 323 g/mol. The van der Waals surface area contributed by atoms with Crippen LogP contribution in [0.2, 0.25) is 0 Å². The maximum atomic E-state index is 13.3. The van der Waals surface area contributed by atoms with E-state index in [0.29, 0.717) is 16.5 Å². The Balaban J connectivity index is 2.18. The van der Waals surface area contributed by atoms with Crippen LogP contribution < -0.4 is 4.74 Å². The standard InChI is InChI=1S/C16H16BrFO2/c1-10-5-11(3-4-16(10)20-2)6-15(19)12-7-13(17)9-14(18)8-12/h3-5,7-9,15,19H,6H2,1-2H3/t15-/m1/s1. The molecule has 4 heteroatoms. The molecule has 1 N–H and O–H groups in total. The topological polar surface area (TPSA) is 29.5 Å². The molecule has 0 saturated carbocycles. The van der Waals surface area contributed by atoms with Crippen LogP contribution in [-0.4, -0.2) is 12.2 Å². The minimum atomic E-state index is -0.741. The highest BCUT2D eigenvalue weighted by Crippen LogP contribution is 2.25. The highest BCUT2D eigenvalue weighted by atomic mass is 79.9. The van der Waals surface area contributed by atoms with E-state index in [1.54, 1.807) is 13.2 Å². The number of aryl methyl sites for hydroxylation is 1. The summed E-state index contributed by atoms with van der Waals surface area (Å²) in [5, 5.41) is 10.2. The number of aliphatic hydroxyl groups is 1. The molecule has 0 amide bonds. The first-order valence-electron chi connectivity index (χ1n) is 6.27. The Morgan fingerprint density at radius 2 is 2.00 bits per heavy atom. The maximum absolute atomic E-state index is 13.3. The molecule has 0 fully saturated rings. The van der Waals surface area contributed by atoms with E-state index in [-0.39, 0.29) is 5.82 Å². The summed E-state index contributed by atoms with van der Waals surface area (Å²) in [5.74, 6) is 0.455. The van der Waals surface area contributed by atoms with Crippen molar-refractivity contribution in [2.75, 3.05) is 7.11 Å². The van der Waals surface area contributed by atoms with Crippen LogP contribution in [0, 0.1) is 12.7 Å². The van der Waals surface area contributed by atoms with Gasteiger partial charge in [-0.05, 0) is 47.9 Å². The summed E-state index contributed by atoms with van der Waals surface area (Å²) in [4.78, 5) is 0. The number of rotatable bonds is 4. The van der Waals surface area contributed by atoms with Gasteiger partial charge in [-0.2, -0.15) is 0 Å². The highest BCUT2D eigenvalue weighted by molar-refractivity contribution is 9.10. The van der Waals surface area contributed by atoms with Crippen molar-refractivity contribution in [1.29, 1.82) is 0 Å². The Morgan fingerprint density at radius 3 is 2.60 bits per heavy atom. The van der Waals surface area contributed by atoms with E-state index in [2.05, 4.69) is 15.9 Å². The summed E-state index contributed by atoms with van der Waals surface area (Å²) >= 11 is 3.23. The first kappa shape index (κ1) is 15.0. The summed E-state index contributed by atoms with van der Waals surface area (Å²) in [5.41, 5.74) is 2.55. The summed E-state index contributed by atoms with van der Waals surface area (Å²) in [6, 6.07) is 10.2. The lowest BCUT2D eigenvalue weighted by Gasteiger charge is -2.13. The molecule has 1 atom stereocenters. The van der Waals surface area contributed by atoms with Crippen molar-refractivity contribution in [2.24, 2.45) is 0 Å². The fraction of sp³-hybridized carbons (Fsp3) is 0.250. The molecule has 106 valence electrons. The minimum Gasteiger partial charge on any atom is -0.496 e. The van der Waals surface area contributed by atoms with Crippen LogP contribution in [-0.2, 0) is 6.42 Å². The molecule has 0 unspecified atom stereocenters. The third kappa shape index (κ3) is 3.58. The molecule has 0 aliphatic heterocycles. The van der Waals surface area contributed by atoms with Crippen molar-refractivity contribution in [1.82, 2.24) is 0 Å². The van der Waals surface area contributed by atoms with Crippen molar-refractivity contribution >= 4 is 15.9 Å². The predicted molar refractivity (Wildman–Crippen MR) is 80.5 cm³/mol. The van der Waals surface area contributed by atoms with Crippen molar-refractivity contribution in [3.05, 3.63) is 63.4 Å². The van der Waals surface area contributed by atoms with Crippen LogP contribution in [0.5, 0.6) is 5.75 Å². The van der Waals surface area contributed by atoms with Gasteiger partial charge < -0.3 is 9.84 Å². The lowest BCUT2D eigenvalue weighted by atomic mass is 10.00. The predicted octanol–water partition coefficient (Wildman–Crippen LogP) is 4.18. The van der Waals surface area contributed by atoms with Crippen LogP contribution in [0.4, 0.5) is 4.39 Å². The smallest absolute Gasteiger partial charge is 0.124 e. The fourth-order valence-electron chi connectivity index (χ4n) is 2.18. The van der Waals surface area contributed by atoms with Crippen molar-refractivity contribution in [3.63, 3.8) is 0 Å². The van der Waals surface area contributed by atoms with E-state index in [1.165, 1.54) is 12.1 Å². The Morgan fingerprint density at radius 1 is 1.25 bits per heavy atom. The molecule has 0 radical (unpaired) electrons. The average Bonchev–Trinajstić information content (AvgIpc) is 2.37. The highest BCUT2D eigenvalue weighted by Gasteiger charge is 2.11. The third-order valence-corrected chi connectivity index (χ3v) is 3.62. The zero-order valence-electron chi connectivity index (χ0n) is 11.4. The molecule has 0 aromatic heterocycles. The van der Waals surface area contributed by atoms with Crippen molar-refractivity contribution in [2.45, 2.75) is 19.4 Å². The molecule has 0 aliphatic rings. The fourth-order valence-corrected chi connectivity index (χ4v) is 2.66. The molecule has 2 aromatic carbocycles. The quantitative estimate of drug-likeness (QED) is 0.905. The number of aliphatic hydroxyl groups excluding tert-OH is 1. The molecule has 2 rings (SSSR count). The van der Waals surface area contributed by atoms with Crippen LogP contribution >= 0.6 is 15.9 Å². The van der Waals surface area contributed by atoms with E-state index >= 15 is 0 Å². The van der Waals surface area contributed by atoms with Crippen molar-refractivity contribution < 1.29 is 14.2 Å². The normalized spacial score (nSPS) is 12.2. The molecule has 0 bridgehead atoms. The van der Waals surface area contributed by atoms with Gasteiger partial charge in [-0.25, -0.2) is 4.39 Å². The van der Waals surface area contributed by atoms with Gasteiger partial charge in [0, 0.05) is 10.9 Å². The number of hydrogen-bond acceptors (Lipinski definition) is 2. The van der Waals surface area contributed by atoms with Gasteiger partial charge >= 0.3 is 0 Å². The molecule has 0 spiro atoms. The second-order valence-electron chi connectivity index (χ2n) is 4.73. The number of ether oxygens (including phenoxy) is 1. The van der Waals surface area contributed by atoms with Gasteiger partial charge in [0.2, 0.25) is 0 Å². The van der Waals surface area contributed by atoms with E-state index in [4.69, 9.17) is 4.74 Å². The zero-order chi connectivity index (χ0) is 14.7. The first-order valence-corrected chi connectivity index (χ1v) is 7.06. The van der Waals surface area contributed by atoms with Gasteiger partial charge in [-0.15, -0.1) is 0 Å². The SMILES string of the molecule is COc1ccc(C[C@@H](O)c2cc(F)cc(Br)c2)cc1C. The van der Waals surface area contributed by atoms with Gasteiger partial charge in [0.15, 0.2) is 0 Å². The lowest BCUT2D eigenvalue weighted by molar-refractivity contribution is 0.178. The van der Waals surface area contributed by atoms with Crippen LogP contribution in [0.1, 0.15) is 22.8 Å². The second kappa shape index (κ2) is 6.37. The zero-order valence-corrected chi connectivity index (χ0v) is 12.9. The Hall–Kier alpha value is -1.39. The summed E-state index contributed by atoms with van der Waals surface area (Å²) < 4.78 is 19.2. The average molecular weight is 339 g/mol. The first-order chi connectivity index (χ1) is 9.49. The Kier molecular flexibility index (Phi) is 4.78. The molecule has 2 nitrogen and oxygen atoms in total. The van der Waals surface area contributed by atoms with E-state index < -0.39 is 6.10 Å². The summed E-state index contributed by atoms with van der Waals surface area (Å²) in [6.45, 7) is 1.95. The van der Waals surface area contributed by atoms with E-state index in [1.807, 2.05) is 25.1 Å². The van der Waals surface area contributed by atoms with Crippen LogP contribution in [0.25, 0.3) is 0 Å². The summed E-state index contributed by atoms with van der Waals surface area (Å²) in [7, 11) is 1.63. The molecule has 0 aliphatic carbocycles. The van der Waals surface area contributed by atoms with Gasteiger partial charge in [-0.3, -0.25) is 0 Å². The molecule has 0 saturated heterocycles. The maximum Gasteiger partial charge on any atom is 0.124 e. The largest absolute Gasteiger partial charge is 0.496 e. The Labute approximate surface area is 126 Å². The minimum absolute atomic E-state index is 0.362. The van der Waals surface area contributed by atoms with Crippen molar-refractivity contribution in [3.8, 4) is 5.75 Å². The number of benzene rings is 2. The molecule has 2 aromatic rings. The Bertz CT molecular complexity index is 593. The number of hydrogen-bond donors (Lipinski definition) is 1. The van der Waals surface area contributed by atoms with E-state index in [0.717, 1.165) is 16.9 Å². The van der Waals surface area contributed by atoms with E-state index in [9.17, 15) is 9.50 Å². The third-order valence-electron chi connectivity index (χ3n) is 3.16. The van der Waals surface area contributed by atoms with Crippen LogP contribution in [0.15, 0.2) is 40.9 Å². The van der Waals surface area contributed by atoms with Crippen LogP contribution in [0.3, 0.4) is 0 Å². The lowest BCUT2D eigenvalue weighted by Crippen LogP contribution is -2.03. The summed E-state index contributed by atoms with van der Waals surface area (Å²) in [6.07, 6.45) is -0.310. The number of methoxy groups -OCH3 is 1.